The number of hydrogen-bond acceptors (Lipinski definition) is 6. The number of nitro benzene ring substituents is 1. The fraction of sp³-hybridized carbons (Fsp3) is 0.0909. The normalized spacial score (nSPS) is 10.5. The van der Waals surface area contributed by atoms with Crippen molar-refractivity contribution in [3.05, 3.63) is 100 Å². The highest BCUT2D eigenvalue weighted by molar-refractivity contribution is 5.97. The second kappa shape index (κ2) is 10.4. The number of carbonyl (C=O) groups excluding carboxylic acids is 1. The van der Waals surface area contributed by atoms with Crippen LogP contribution in [-0.4, -0.2) is 30.3 Å². The summed E-state index contributed by atoms with van der Waals surface area (Å²) in [5.74, 6) is 0.619. The molecule has 1 N–H and O–H groups in total. The molecule has 0 unspecified atom stereocenters. The molecule has 3 aromatic carbocycles. The van der Waals surface area contributed by atoms with Crippen LogP contribution in [0.5, 0.6) is 11.5 Å². The van der Waals surface area contributed by atoms with E-state index in [0.717, 1.165) is 5.75 Å². The Morgan fingerprint density at radius 2 is 1.60 bits per heavy atom. The molecule has 0 bridgehead atoms. The first-order valence-electron chi connectivity index (χ1n) is 9.11. The van der Waals surface area contributed by atoms with Crippen LogP contribution in [0.3, 0.4) is 0 Å². The lowest BCUT2D eigenvalue weighted by atomic mass is 10.2. The molecular formula is C22H19N3O5. The monoisotopic (exact) mass is 405 g/mol. The van der Waals surface area contributed by atoms with Crippen LogP contribution < -0.4 is 14.9 Å². The van der Waals surface area contributed by atoms with Crippen LogP contribution >= 0.6 is 0 Å². The third-order valence-corrected chi connectivity index (χ3v) is 3.99. The molecule has 0 saturated carbocycles. The first-order valence-corrected chi connectivity index (χ1v) is 9.11. The first-order chi connectivity index (χ1) is 14.6. The maximum Gasteiger partial charge on any atom is 0.278 e. The van der Waals surface area contributed by atoms with E-state index in [1.54, 1.807) is 36.4 Å². The molecule has 0 aliphatic rings. The Labute approximate surface area is 172 Å². The molecule has 0 saturated heterocycles. The zero-order valence-electron chi connectivity index (χ0n) is 15.9. The Morgan fingerprint density at radius 1 is 0.933 bits per heavy atom. The molecule has 0 aromatic heterocycles. The minimum absolute atomic E-state index is 0.0994. The molecule has 3 rings (SSSR count). The van der Waals surface area contributed by atoms with Crippen molar-refractivity contribution in [3.63, 3.8) is 0 Å². The van der Waals surface area contributed by atoms with Crippen molar-refractivity contribution in [3.8, 4) is 11.5 Å². The number of para-hydroxylation sites is 3. The Morgan fingerprint density at radius 3 is 2.40 bits per heavy atom. The summed E-state index contributed by atoms with van der Waals surface area (Å²) in [7, 11) is 0. The van der Waals surface area contributed by atoms with Crippen molar-refractivity contribution in [2.45, 2.75) is 0 Å². The van der Waals surface area contributed by atoms with Gasteiger partial charge in [-0.15, -0.1) is 0 Å². The fourth-order valence-corrected chi connectivity index (χ4v) is 2.59. The van der Waals surface area contributed by atoms with E-state index in [-0.39, 0.29) is 23.4 Å². The summed E-state index contributed by atoms with van der Waals surface area (Å²) in [6.07, 6.45) is 1.23. The lowest BCUT2D eigenvalue weighted by molar-refractivity contribution is -0.385. The maximum atomic E-state index is 12.5. The van der Waals surface area contributed by atoms with Gasteiger partial charge in [0.15, 0.2) is 0 Å². The van der Waals surface area contributed by atoms with Crippen LogP contribution in [0, 0.1) is 10.1 Å². The lowest BCUT2D eigenvalue weighted by Crippen LogP contribution is -2.19. The molecule has 30 heavy (non-hydrogen) atoms. The van der Waals surface area contributed by atoms with Crippen molar-refractivity contribution in [2.75, 3.05) is 13.2 Å². The molecule has 0 heterocycles. The number of carbonyl (C=O) groups is 1. The number of ether oxygens (including phenoxy) is 2. The number of hydrazone groups is 1. The molecule has 8 heteroatoms. The summed E-state index contributed by atoms with van der Waals surface area (Å²) < 4.78 is 11.2. The molecule has 0 spiro atoms. The highest BCUT2D eigenvalue weighted by atomic mass is 16.6. The first kappa shape index (κ1) is 20.5. The largest absolute Gasteiger partial charge is 0.490 e. The van der Waals surface area contributed by atoms with Crippen LogP contribution in [0.25, 0.3) is 0 Å². The second-order valence-corrected chi connectivity index (χ2v) is 6.02. The van der Waals surface area contributed by atoms with E-state index in [4.69, 9.17) is 9.47 Å². The smallest absolute Gasteiger partial charge is 0.278 e. The minimum Gasteiger partial charge on any atom is -0.490 e. The van der Waals surface area contributed by atoms with Crippen molar-refractivity contribution in [1.29, 1.82) is 0 Å². The van der Waals surface area contributed by atoms with Gasteiger partial charge in [-0.25, -0.2) is 5.43 Å². The predicted molar refractivity (Wildman–Crippen MR) is 112 cm³/mol. The van der Waals surface area contributed by atoms with Gasteiger partial charge >= 0.3 is 0 Å². The van der Waals surface area contributed by atoms with Gasteiger partial charge in [-0.05, 0) is 30.3 Å². The summed E-state index contributed by atoms with van der Waals surface area (Å²) >= 11 is 0. The van der Waals surface area contributed by atoms with Crippen molar-refractivity contribution in [2.24, 2.45) is 5.10 Å². The number of hydrogen-bond donors (Lipinski definition) is 1. The number of rotatable bonds is 9. The lowest BCUT2D eigenvalue weighted by Gasteiger charge is -2.11. The molecule has 8 nitrogen and oxygen atoms in total. The summed E-state index contributed by atoms with van der Waals surface area (Å²) in [5, 5.41) is 14.9. The van der Waals surface area contributed by atoms with E-state index >= 15 is 0 Å². The number of nitrogens with zero attached hydrogens (tertiary/aromatic N) is 2. The number of benzene rings is 3. The van der Waals surface area contributed by atoms with Gasteiger partial charge in [0.05, 0.1) is 22.3 Å². The molecule has 3 aromatic rings. The van der Waals surface area contributed by atoms with Crippen LogP contribution in [0.2, 0.25) is 0 Å². The van der Waals surface area contributed by atoms with Gasteiger partial charge in [-0.3, -0.25) is 14.9 Å². The van der Waals surface area contributed by atoms with Gasteiger partial charge in [0, 0.05) is 6.07 Å². The second-order valence-electron chi connectivity index (χ2n) is 6.02. The number of amides is 1. The molecule has 0 atom stereocenters. The number of nitro groups is 1. The predicted octanol–water partition coefficient (Wildman–Crippen LogP) is 3.82. The summed E-state index contributed by atoms with van der Waals surface area (Å²) in [5.41, 5.74) is 2.84. The van der Waals surface area contributed by atoms with Gasteiger partial charge in [-0.1, -0.05) is 42.5 Å². The van der Waals surface area contributed by atoms with E-state index in [1.807, 2.05) is 30.3 Å². The van der Waals surface area contributed by atoms with Gasteiger partial charge < -0.3 is 9.47 Å². The van der Waals surface area contributed by atoms with Crippen LogP contribution in [0.15, 0.2) is 84.0 Å². The fourth-order valence-electron chi connectivity index (χ4n) is 2.59. The summed E-state index contributed by atoms with van der Waals surface area (Å²) in [4.78, 5) is 23.0. The van der Waals surface area contributed by atoms with Crippen LogP contribution in [0.1, 0.15) is 15.9 Å². The Kier molecular flexibility index (Phi) is 7.10. The molecular weight excluding hydrogens is 386 g/mol. The molecule has 0 aliphatic carbocycles. The van der Waals surface area contributed by atoms with Crippen molar-refractivity contribution >= 4 is 17.8 Å². The van der Waals surface area contributed by atoms with Crippen LogP contribution in [-0.2, 0) is 0 Å². The quantitative estimate of drug-likeness (QED) is 0.252. The van der Waals surface area contributed by atoms with E-state index in [2.05, 4.69) is 10.5 Å². The van der Waals surface area contributed by atoms with Gasteiger partial charge in [0.1, 0.15) is 24.7 Å². The minimum atomic E-state index is -0.510. The Balaban J connectivity index is 1.58. The highest BCUT2D eigenvalue weighted by Crippen LogP contribution is 2.18. The van der Waals surface area contributed by atoms with E-state index in [0.29, 0.717) is 12.4 Å². The molecule has 0 aliphatic heterocycles. The van der Waals surface area contributed by atoms with E-state index in [9.17, 15) is 14.9 Å². The molecule has 152 valence electrons. The number of nitrogens with one attached hydrogen (secondary N) is 1. The average molecular weight is 405 g/mol. The van der Waals surface area contributed by atoms with Crippen molar-refractivity contribution in [1.82, 2.24) is 5.43 Å². The van der Waals surface area contributed by atoms with E-state index in [1.165, 1.54) is 18.3 Å². The zero-order chi connectivity index (χ0) is 21.2. The maximum absolute atomic E-state index is 12.5. The third-order valence-electron chi connectivity index (χ3n) is 3.99. The van der Waals surface area contributed by atoms with Crippen molar-refractivity contribution < 1.29 is 19.2 Å². The molecule has 0 radical (unpaired) electrons. The molecule has 1 amide bonds. The van der Waals surface area contributed by atoms with Gasteiger partial charge in [-0.2, -0.15) is 5.10 Å². The third kappa shape index (κ3) is 5.65. The standard InChI is InChI=1S/C22H19N3O5/c26-22(24-23-16-17-8-4-6-12-20(17)25(27)28)19-11-5-7-13-21(19)30-15-14-29-18-9-2-1-3-10-18/h1-13,16H,14-15H2,(H,24,26)/b23-16-. The summed E-state index contributed by atoms with van der Waals surface area (Å²) in [6.45, 7) is 0.564. The average Bonchev–Trinajstić information content (AvgIpc) is 2.78. The summed E-state index contributed by atoms with van der Waals surface area (Å²) in [6, 6.07) is 22.2. The SMILES string of the molecule is O=C(N/N=C\c1ccccc1[N+](=O)[O-])c1ccccc1OCCOc1ccccc1. The Hall–Kier alpha value is -4.20. The van der Waals surface area contributed by atoms with E-state index < -0.39 is 10.8 Å². The van der Waals surface area contributed by atoms with Gasteiger partial charge in [0.2, 0.25) is 0 Å². The zero-order valence-corrected chi connectivity index (χ0v) is 15.9. The van der Waals surface area contributed by atoms with Crippen LogP contribution in [0.4, 0.5) is 5.69 Å². The van der Waals surface area contributed by atoms with Gasteiger partial charge in [0.25, 0.3) is 11.6 Å². The molecule has 0 fully saturated rings. The Bertz CT molecular complexity index is 1040. The topological polar surface area (TPSA) is 103 Å². The highest BCUT2D eigenvalue weighted by Gasteiger charge is 2.13.